The number of rotatable bonds is 4. The first-order valence-corrected chi connectivity index (χ1v) is 8.98. The molecule has 0 spiro atoms. The van der Waals surface area contributed by atoms with E-state index < -0.39 is 16.8 Å². The molecule has 2 atom stereocenters. The summed E-state index contributed by atoms with van der Waals surface area (Å²) in [6, 6.07) is 24.8. The van der Waals surface area contributed by atoms with E-state index in [1.165, 1.54) is 12.1 Å². The van der Waals surface area contributed by atoms with Crippen molar-refractivity contribution in [2.24, 2.45) is 0 Å². The van der Waals surface area contributed by atoms with E-state index in [1.807, 2.05) is 36.4 Å². The maximum atomic E-state index is 10.9. The average molecular weight is 360 g/mol. The Morgan fingerprint density at radius 3 is 2.33 bits per heavy atom. The Labute approximate surface area is 157 Å². The van der Waals surface area contributed by atoms with Gasteiger partial charge in [0.25, 0.3) is 5.69 Å². The first-order valence-electron chi connectivity index (χ1n) is 8.98. The van der Waals surface area contributed by atoms with Crippen LogP contribution in [-0.4, -0.2) is 4.92 Å². The third kappa shape index (κ3) is 2.96. The molecule has 0 saturated carbocycles. The van der Waals surface area contributed by atoms with E-state index in [0.29, 0.717) is 0 Å². The van der Waals surface area contributed by atoms with Gasteiger partial charge in [-0.3, -0.25) is 10.1 Å². The predicted molar refractivity (Wildman–Crippen MR) is 105 cm³/mol. The van der Waals surface area contributed by atoms with Gasteiger partial charge in [-0.25, -0.2) is 0 Å². The highest BCUT2D eigenvalue weighted by molar-refractivity contribution is 5.60. The number of nitro groups is 1. The van der Waals surface area contributed by atoms with Crippen molar-refractivity contribution in [2.75, 3.05) is 5.32 Å². The molecule has 5 heteroatoms. The average Bonchev–Trinajstić information content (AvgIpc) is 2.73. The molecule has 3 aromatic carbocycles. The van der Waals surface area contributed by atoms with Gasteiger partial charge in [0.1, 0.15) is 5.60 Å². The molecule has 1 heterocycles. The van der Waals surface area contributed by atoms with Gasteiger partial charge in [0.05, 0.1) is 4.92 Å². The summed E-state index contributed by atoms with van der Waals surface area (Å²) < 4.78 is 6.64. The monoisotopic (exact) mass is 360 g/mol. The SMILES string of the molecule is CC[C@]1(c2ccccc2)O[C@@H](c2ccc([N+](=O)[O-])cc2)Nc2ccccc21. The molecule has 136 valence electrons. The number of nitrogens with zero attached hydrogens (tertiary/aromatic N) is 1. The Kier molecular flexibility index (Phi) is 4.38. The molecule has 0 fully saturated rings. The van der Waals surface area contributed by atoms with Crippen LogP contribution in [0.4, 0.5) is 11.4 Å². The number of hydrogen-bond acceptors (Lipinski definition) is 4. The largest absolute Gasteiger partial charge is 0.356 e. The molecule has 0 saturated heterocycles. The van der Waals surface area contributed by atoms with E-state index in [0.717, 1.165) is 28.8 Å². The van der Waals surface area contributed by atoms with Crippen molar-refractivity contribution in [3.63, 3.8) is 0 Å². The van der Waals surface area contributed by atoms with Crippen molar-refractivity contribution in [3.8, 4) is 0 Å². The molecule has 0 bridgehead atoms. The Hall–Kier alpha value is -3.18. The highest BCUT2D eigenvalue weighted by Crippen LogP contribution is 2.47. The van der Waals surface area contributed by atoms with Crippen LogP contribution in [0.1, 0.15) is 36.3 Å². The van der Waals surface area contributed by atoms with Gasteiger partial charge in [-0.1, -0.05) is 55.5 Å². The second kappa shape index (κ2) is 6.85. The Bertz CT molecular complexity index is 957. The maximum Gasteiger partial charge on any atom is 0.269 e. The smallest absolute Gasteiger partial charge is 0.269 e. The van der Waals surface area contributed by atoms with Crippen LogP contribution in [0.3, 0.4) is 0 Å². The second-order valence-corrected chi connectivity index (χ2v) is 6.58. The summed E-state index contributed by atoms with van der Waals surface area (Å²) in [6.07, 6.45) is 0.361. The van der Waals surface area contributed by atoms with Gasteiger partial charge in [0, 0.05) is 28.9 Å². The zero-order chi connectivity index (χ0) is 18.9. The molecule has 1 aliphatic rings. The van der Waals surface area contributed by atoms with E-state index in [2.05, 4.69) is 30.4 Å². The van der Waals surface area contributed by atoms with Gasteiger partial charge in [-0.05, 0) is 30.2 Å². The lowest BCUT2D eigenvalue weighted by molar-refractivity contribution is -0.384. The fourth-order valence-electron chi connectivity index (χ4n) is 3.73. The zero-order valence-electron chi connectivity index (χ0n) is 15.0. The quantitative estimate of drug-likeness (QED) is 0.500. The van der Waals surface area contributed by atoms with E-state index in [-0.39, 0.29) is 5.69 Å². The summed E-state index contributed by atoms with van der Waals surface area (Å²) in [5.41, 5.74) is 3.53. The molecular formula is C22H20N2O3. The molecule has 0 aromatic heterocycles. The number of hydrogen-bond donors (Lipinski definition) is 1. The first kappa shape index (κ1) is 17.2. The van der Waals surface area contributed by atoms with Gasteiger partial charge >= 0.3 is 0 Å². The van der Waals surface area contributed by atoms with Gasteiger partial charge in [0.2, 0.25) is 0 Å². The van der Waals surface area contributed by atoms with Crippen LogP contribution in [0.15, 0.2) is 78.9 Å². The van der Waals surface area contributed by atoms with Gasteiger partial charge < -0.3 is 10.1 Å². The van der Waals surface area contributed by atoms with E-state index in [1.54, 1.807) is 12.1 Å². The van der Waals surface area contributed by atoms with Crippen molar-refractivity contribution < 1.29 is 9.66 Å². The van der Waals surface area contributed by atoms with E-state index in [9.17, 15) is 10.1 Å². The number of benzene rings is 3. The number of anilines is 1. The molecule has 0 aliphatic carbocycles. The number of ether oxygens (including phenoxy) is 1. The van der Waals surface area contributed by atoms with Crippen LogP contribution in [0.2, 0.25) is 0 Å². The molecule has 4 rings (SSSR count). The summed E-state index contributed by atoms with van der Waals surface area (Å²) in [5, 5.41) is 14.4. The van der Waals surface area contributed by atoms with Crippen LogP contribution >= 0.6 is 0 Å². The van der Waals surface area contributed by atoms with Crippen molar-refractivity contribution in [3.05, 3.63) is 106 Å². The highest BCUT2D eigenvalue weighted by Gasteiger charge is 2.41. The van der Waals surface area contributed by atoms with Crippen molar-refractivity contribution >= 4 is 11.4 Å². The Morgan fingerprint density at radius 1 is 1.00 bits per heavy atom. The predicted octanol–water partition coefficient (Wildman–Crippen LogP) is 5.39. The molecule has 5 nitrogen and oxygen atoms in total. The van der Waals surface area contributed by atoms with Crippen molar-refractivity contribution in [1.29, 1.82) is 0 Å². The standard InChI is InChI=1S/C22H20N2O3/c1-2-22(17-8-4-3-5-9-17)19-10-6-7-11-20(19)23-21(27-22)16-12-14-18(15-13-16)24(25)26/h3-15,21,23H,2H2,1H3/t21-,22+/m0/s1. The van der Waals surface area contributed by atoms with Gasteiger partial charge in [-0.2, -0.15) is 0 Å². The molecular weight excluding hydrogens is 340 g/mol. The summed E-state index contributed by atoms with van der Waals surface area (Å²) in [7, 11) is 0. The minimum atomic E-state index is -0.588. The summed E-state index contributed by atoms with van der Waals surface area (Å²) in [4.78, 5) is 10.6. The summed E-state index contributed by atoms with van der Waals surface area (Å²) in [6.45, 7) is 2.11. The van der Waals surface area contributed by atoms with Crippen LogP contribution in [-0.2, 0) is 10.3 Å². The minimum Gasteiger partial charge on any atom is -0.356 e. The first-order chi connectivity index (χ1) is 13.1. The lowest BCUT2D eigenvalue weighted by atomic mass is 9.81. The zero-order valence-corrected chi connectivity index (χ0v) is 15.0. The fraction of sp³-hybridized carbons (Fsp3) is 0.182. The normalized spacial score (nSPS) is 21.1. The topological polar surface area (TPSA) is 64.4 Å². The number of para-hydroxylation sites is 1. The minimum absolute atomic E-state index is 0.0692. The summed E-state index contributed by atoms with van der Waals surface area (Å²) in [5.74, 6) is 0. The number of nitro benzene ring substituents is 1. The Balaban J connectivity index is 1.81. The molecule has 1 N–H and O–H groups in total. The maximum absolute atomic E-state index is 10.9. The van der Waals surface area contributed by atoms with Crippen LogP contribution < -0.4 is 5.32 Å². The number of non-ortho nitro benzene ring substituents is 1. The van der Waals surface area contributed by atoms with Crippen LogP contribution in [0, 0.1) is 10.1 Å². The van der Waals surface area contributed by atoms with Crippen molar-refractivity contribution in [2.45, 2.75) is 25.2 Å². The second-order valence-electron chi connectivity index (χ2n) is 6.58. The van der Waals surface area contributed by atoms with Gasteiger partial charge in [-0.15, -0.1) is 0 Å². The Morgan fingerprint density at radius 2 is 1.67 bits per heavy atom. The van der Waals surface area contributed by atoms with E-state index in [4.69, 9.17) is 4.74 Å². The molecule has 1 aliphatic heterocycles. The highest BCUT2D eigenvalue weighted by atomic mass is 16.6. The van der Waals surface area contributed by atoms with Gasteiger partial charge in [0.15, 0.2) is 6.23 Å². The van der Waals surface area contributed by atoms with Crippen LogP contribution in [0.5, 0.6) is 0 Å². The third-order valence-corrected chi connectivity index (χ3v) is 5.11. The fourth-order valence-corrected chi connectivity index (χ4v) is 3.73. The lowest BCUT2D eigenvalue weighted by Crippen LogP contribution is -2.39. The van der Waals surface area contributed by atoms with Crippen molar-refractivity contribution in [1.82, 2.24) is 0 Å². The molecule has 27 heavy (non-hydrogen) atoms. The third-order valence-electron chi connectivity index (χ3n) is 5.11. The molecule has 0 unspecified atom stereocenters. The van der Waals surface area contributed by atoms with E-state index >= 15 is 0 Å². The van der Waals surface area contributed by atoms with Crippen LogP contribution in [0.25, 0.3) is 0 Å². The number of nitrogens with one attached hydrogen (secondary N) is 1. The lowest BCUT2D eigenvalue weighted by Gasteiger charge is -2.43. The molecule has 3 aromatic rings. The molecule has 0 amide bonds. The molecule has 0 radical (unpaired) electrons. The number of fused-ring (bicyclic) bond motifs is 1. The summed E-state index contributed by atoms with van der Waals surface area (Å²) >= 11 is 0.